The number of hydrogen-bond donors (Lipinski definition) is 2. The van der Waals surface area contributed by atoms with Gasteiger partial charge in [-0.25, -0.2) is 4.79 Å². The van der Waals surface area contributed by atoms with Gasteiger partial charge in [0.1, 0.15) is 25.4 Å². The van der Waals surface area contributed by atoms with Crippen molar-refractivity contribution in [3.63, 3.8) is 0 Å². The van der Waals surface area contributed by atoms with Crippen LogP contribution in [0.1, 0.15) is 34.1 Å². The van der Waals surface area contributed by atoms with Gasteiger partial charge in [-0.2, -0.15) is 0 Å². The maximum Gasteiger partial charge on any atom is 0.333 e. The fourth-order valence-corrected chi connectivity index (χ4v) is 1.26. The Bertz CT molecular complexity index is 342. The first kappa shape index (κ1) is 18.6. The van der Waals surface area contributed by atoms with Crippen molar-refractivity contribution in [3.8, 4) is 0 Å². The van der Waals surface area contributed by atoms with Crippen molar-refractivity contribution in [1.82, 2.24) is 5.32 Å². The summed E-state index contributed by atoms with van der Waals surface area (Å²) in [6, 6.07) is -0.242. The summed E-state index contributed by atoms with van der Waals surface area (Å²) in [5, 5.41) is 12.6. The van der Waals surface area contributed by atoms with Gasteiger partial charge in [0.15, 0.2) is 0 Å². The van der Waals surface area contributed by atoms with Crippen molar-refractivity contribution in [2.45, 2.75) is 52.3 Å². The number of carbonyl (C=O) groups excluding carboxylic acids is 2. The molecule has 3 atom stereocenters. The Balaban J connectivity index is 3.93. The third-order valence-electron chi connectivity index (χ3n) is 2.67. The van der Waals surface area contributed by atoms with Crippen LogP contribution < -0.4 is 5.32 Å². The zero-order valence-corrected chi connectivity index (χ0v) is 12.6. The third-order valence-corrected chi connectivity index (χ3v) is 2.67. The Hall–Kier alpha value is -1.40. The SMILES string of the molecule is C=C(C)C(=O)OCC(O)COC(=O)C(C)NC(C)CC. The fourth-order valence-electron chi connectivity index (χ4n) is 1.26. The molecule has 0 spiro atoms. The van der Waals surface area contributed by atoms with E-state index >= 15 is 0 Å². The quantitative estimate of drug-likeness (QED) is 0.482. The number of rotatable bonds is 9. The molecule has 0 aliphatic heterocycles. The molecule has 0 fully saturated rings. The second kappa shape index (κ2) is 9.50. The van der Waals surface area contributed by atoms with Gasteiger partial charge in [-0.3, -0.25) is 4.79 Å². The summed E-state index contributed by atoms with van der Waals surface area (Å²) in [6.45, 7) is 10.2. The van der Waals surface area contributed by atoms with Gasteiger partial charge in [0, 0.05) is 11.6 Å². The molecular weight excluding hydrogens is 262 g/mol. The molecule has 116 valence electrons. The highest BCUT2D eigenvalue weighted by Crippen LogP contribution is 1.98. The molecule has 0 amide bonds. The highest BCUT2D eigenvalue weighted by Gasteiger charge is 2.18. The lowest BCUT2D eigenvalue weighted by molar-refractivity contribution is -0.152. The molecule has 3 unspecified atom stereocenters. The van der Waals surface area contributed by atoms with Crippen molar-refractivity contribution in [3.05, 3.63) is 12.2 Å². The van der Waals surface area contributed by atoms with Gasteiger partial charge in [-0.1, -0.05) is 13.5 Å². The topological polar surface area (TPSA) is 84.9 Å². The highest BCUT2D eigenvalue weighted by atomic mass is 16.6. The smallest absolute Gasteiger partial charge is 0.333 e. The second-order valence-corrected chi connectivity index (χ2v) is 4.86. The van der Waals surface area contributed by atoms with Crippen LogP contribution in [0.25, 0.3) is 0 Å². The van der Waals surface area contributed by atoms with Crippen molar-refractivity contribution < 1.29 is 24.2 Å². The molecule has 0 radical (unpaired) electrons. The van der Waals surface area contributed by atoms with Gasteiger partial charge >= 0.3 is 11.9 Å². The summed E-state index contributed by atoms with van der Waals surface area (Å²) >= 11 is 0. The summed E-state index contributed by atoms with van der Waals surface area (Å²) < 4.78 is 9.68. The average molecular weight is 287 g/mol. The van der Waals surface area contributed by atoms with Crippen molar-refractivity contribution in [2.24, 2.45) is 0 Å². The molecule has 0 aromatic carbocycles. The van der Waals surface area contributed by atoms with Crippen molar-refractivity contribution >= 4 is 11.9 Å². The zero-order valence-electron chi connectivity index (χ0n) is 12.6. The van der Waals surface area contributed by atoms with E-state index in [1.807, 2.05) is 13.8 Å². The van der Waals surface area contributed by atoms with Gasteiger partial charge in [-0.15, -0.1) is 0 Å². The van der Waals surface area contributed by atoms with Crippen LogP contribution in [0, 0.1) is 0 Å². The van der Waals surface area contributed by atoms with E-state index in [1.165, 1.54) is 6.92 Å². The molecule has 6 heteroatoms. The second-order valence-electron chi connectivity index (χ2n) is 4.86. The first-order valence-electron chi connectivity index (χ1n) is 6.71. The molecule has 0 aliphatic rings. The van der Waals surface area contributed by atoms with Crippen LogP contribution in [-0.2, 0) is 19.1 Å². The minimum Gasteiger partial charge on any atom is -0.462 e. The van der Waals surface area contributed by atoms with E-state index in [4.69, 9.17) is 9.47 Å². The van der Waals surface area contributed by atoms with Crippen molar-refractivity contribution in [1.29, 1.82) is 0 Å². The third kappa shape index (κ3) is 7.91. The normalized spacial score (nSPS) is 15.1. The Labute approximate surface area is 120 Å². The minimum atomic E-state index is -1.04. The Morgan fingerprint density at radius 1 is 1.25 bits per heavy atom. The molecule has 20 heavy (non-hydrogen) atoms. The number of aliphatic hydroxyl groups is 1. The fraction of sp³-hybridized carbons (Fsp3) is 0.714. The highest BCUT2D eigenvalue weighted by molar-refractivity contribution is 5.86. The monoisotopic (exact) mass is 287 g/mol. The zero-order chi connectivity index (χ0) is 15.7. The van der Waals surface area contributed by atoms with E-state index in [-0.39, 0.29) is 24.8 Å². The van der Waals surface area contributed by atoms with Crippen LogP contribution in [0.4, 0.5) is 0 Å². The van der Waals surface area contributed by atoms with Crippen LogP contribution in [-0.4, -0.2) is 48.4 Å². The van der Waals surface area contributed by atoms with Gasteiger partial charge in [0.2, 0.25) is 0 Å². The average Bonchev–Trinajstić information content (AvgIpc) is 2.41. The standard InChI is InChI=1S/C14H25NO5/c1-6-10(4)15-11(5)14(18)20-8-12(16)7-19-13(17)9(2)3/h10-12,15-16H,2,6-8H2,1,3-5H3. The molecule has 0 saturated heterocycles. The predicted octanol–water partition coefficient (Wildman–Crippen LogP) is 0.786. The van der Waals surface area contributed by atoms with Crippen LogP contribution in [0.2, 0.25) is 0 Å². The molecule has 0 bridgehead atoms. The van der Waals surface area contributed by atoms with Crippen LogP contribution >= 0.6 is 0 Å². The Morgan fingerprint density at radius 2 is 1.80 bits per heavy atom. The number of ether oxygens (including phenoxy) is 2. The van der Waals surface area contributed by atoms with Gasteiger partial charge in [-0.05, 0) is 27.2 Å². The lowest BCUT2D eigenvalue weighted by Gasteiger charge is -2.18. The maximum absolute atomic E-state index is 11.6. The first-order valence-corrected chi connectivity index (χ1v) is 6.71. The van der Waals surface area contributed by atoms with Crippen LogP contribution in [0.3, 0.4) is 0 Å². The summed E-state index contributed by atoms with van der Waals surface area (Å²) in [5.74, 6) is -1.03. The van der Waals surface area contributed by atoms with Gasteiger partial charge in [0.25, 0.3) is 0 Å². The van der Waals surface area contributed by atoms with E-state index in [0.29, 0.717) is 0 Å². The first-order chi connectivity index (χ1) is 9.27. The van der Waals surface area contributed by atoms with E-state index in [9.17, 15) is 14.7 Å². The molecule has 6 nitrogen and oxygen atoms in total. The molecule has 0 aromatic rings. The molecule has 0 aromatic heterocycles. The summed E-state index contributed by atoms with van der Waals surface area (Å²) in [5.41, 5.74) is 0.251. The van der Waals surface area contributed by atoms with Gasteiger partial charge < -0.3 is 19.9 Å². The number of esters is 2. The Kier molecular flexibility index (Phi) is 8.83. The Morgan fingerprint density at radius 3 is 2.30 bits per heavy atom. The van der Waals surface area contributed by atoms with E-state index in [0.717, 1.165) is 6.42 Å². The predicted molar refractivity (Wildman–Crippen MR) is 75.1 cm³/mol. The number of hydrogen-bond acceptors (Lipinski definition) is 6. The molecule has 2 N–H and O–H groups in total. The van der Waals surface area contributed by atoms with Crippen LogP contribution in [0.15, 0.2) is 12.2 Å². The molecule has 0 aliphatic carbocycles. The molecule has 0 heterocycles. The van der Waals surface area contributed by atoms with E-state index in [1.54, 1.807) is 6.92 Å². The molecule has 0 rings (SSSR count). The van der Waals surface area contributed by atoms with E-state index < -0.39 is 24.1 Å². The number of nitrogens with one attached hydrogen (secondary N) is 1. The van der Waals surface area contributed by atoms with Crippen LogP contribution in [0.5, 0.6) is 0 Å². The maximum atomic E-state index is 11.6. The number of carbonyl (C=O) groups is 2. The summed E-state index contributed by atoms with van der Waals surface area (Å²) in [6.07, 6.45) is -0.144. The molecular formula is C14H25NO5. The molecule has 0 saturated carbocycles. The largest absolute Gasteiger partial charge is 0.462 e. The minimum absolute atomic E-state index is 0.207. The van der Waals surface area contributed by atoms with Crippen molar-refractivity contribution in [2.75, 3.05) is 13.2 Å². The lowest BCUT2D eigenvalue weighted by atomic mass is 10.2. The summed E-state index contributed by atoms with van der Waals surface area (Å²) in [4.78, 5) is 22.7. The van der Waals surface area contributed by atoms with E-state index in [2.05, 4.69) is 11.9 Å². The summed E-state index contributed by atoms with van der Waals surface area (Å²) in [7, 11) is 0. The lowest BCUT2D eigenvalue weighted by Crippen LogP contribution is -2.41. The number of aliphatic hydroxyl groups excluding tert-OH is 1. The van der Waals surface area contributed by atoms with Gasteiger partial charge in [0.05, 0.1) is 0 Å².